The zero-order valence-electron chi connectivity index (χ0n) is 10.9. The lowest BCUT2D eigenvalue weighted by Crippen LogP contribution is -2.39. The molecule has 0 aromatic heterocycles. The summed E-state index contributed by atoms with van der Waals surface area (Å²) in [5.74, 6) is 0.866. The first kappa shape index (κ1) is 14.2. The molecule has 2 atom stereocenters. The molecule has 2 aliphatic rings. The quantitative estimate of drug-likeness (QED) is 0.759. The van der Waals surface area contributed by atoms with Crippen LogP contribution >= 0.6 is 0 Å². The summed E-state index contributed by atoms with van der Waals surface area (Å²) in [5.41, 5.74) is 0. The van der Waals surface area contributed by atoms with Crippen molar-refractivity contribution in [2.45, 2.75) is 25.7 Å². The van der Waals surface area contributed by atoms with Crippen LogP contribution in [-0.2, 0) is 14.8 Å². The topological polar surface area (TPSA) is 67.4 Å². The van der Waals surface area contributed by atoms with Gasteiger partial charge in [0.05, 0.1) is 12.4 Å². The van der Waals surface area contributed by atoms with Crippen molar-refractivity contribution >= 4 is 10.0 Å². The van der Waals surface area contributed by atoms with Crippen LogP contribution < -0.4 is 10.0 Å². The summed E-state index contributed by atoms with van der Waals surface area (Å²) in [6, 6.07) is 0. The molecule has 0 spiro atoms. The van der Waals surface area contributed by atoms with Gasteiger partial charge in [0, 0.05) is 13.2 Å². The van der Waals surface area contributed by atoms with Crippen LogP contribution in [-0.4, -0.2) is 47.0 Å². The Kier molecular flexibility index (Phi) is 5.41. The van der Waals surface area contributed by atoms with Gasteiger partial charge in [-0.25, -0.2) is 13.1 Å². The molecule has 106 valence electrons. The molecule has 2 saturated heterocycles. The average Bonchev–Trinajstić information content (AvgIpc) is 2.38. The minimum absolute atomic E-state index is 0.258. The van der Waals surface area contributed by atoms with Crippen molar-refractivity contribution in [3.05, 3.63) is 0 Å². The van der Waals surface area contributed by atoms with E-state index in [0.717, 1.165) is 45.4 Å². The van der Waals surface area contributed by atoms with Crippen LogP contribution in [0.15, 0.2) is 0 Å². The van der Waals surface area contributed by atoms with E-state index < -0.39 is 10.0 Å². The molecule has 0 aromatic rings. The SMILES string of the molecule is O=S(=O)(CC1CCCNC1)NCC1CCCOC1. The Morgan fingerprint density at radius 2 is 2.06 bits per heavy atom. The molecule has 6 heteroatoms. The van der Waals surface area contributed by atoms with Gasteiger partial charge in [0.2, 0.25) is 10.0 Å². The van der Waals surface area contributed by atoms with E-state index in [2.05, 4.69) is 10.0 Å². The number of hydrogen-bond acceptors (Lipinski definition) is 4. The summed E-state index contributed by atoms with van der Waals surface area (Å²) in [6.07, 6.45) is 4.20. The molecule has 5 nitrogen and oxygen atoms in total. The van der Waals surface area contributed by atoms with Crippen molar-refractivity contribution in [2.24, 2.45) is 11.8 Å². The van der Waals surface area contributed by atoms with Crippen LogP contribution in [0.5, 0.6) is 0 Å². The second-order valence-corrected chi connectivity index (χ2v) is 7.28. The predicted octanol–water partition coefficient (Wildman–Crippen LogP) is 0.332. The molecule has 0 aliphatic carbocycles. The molecule has 2 fully saturated rings. The Balaban J connectivity index is 1.72. The maximum absolute atomic E-state index is 12.0. The molecular formula is C12H24N2O3S. The first-order valence-corrected chi connectivity index (χ1v) is 8.57. The molecular weight excluding hydrogens is 252 g/mol. The van der Waals surface area contributed by atoms with Gasteiger partial charge < -0.3 is 10.1 Å². The van der Waals surface area contributed by atoms with Crippen molar-refractivity contribution in [3.63, 3.8) is 0 Å². The van der Waals surface area contributed by atoms with Gasteiger partial charge >= 0.3 is 0 Å². The monoisotopic (exact) mass is 276 g/mol. The Morgan fingerprint density at radius 1 is 1.22 bits per heavy atom. The summed E-state index contributed by atoms with van der Waals surface area (Å²) >= 11 is 0. The van der Waals surface area contributed by atoms with E-state index in [9.17, 15) is 8.42 Å². The largest absolute Gasteiger partial charge is 0.381 e. The van der Waals surface area contributed by atoms with E-state index in [1.807, 2.05) is 0 Å². The van der Waals surface area contributed by atoms with Crippen molar-refractivity contribution in [1.29, 1.82) is 0 Å². The zero-order valence-corrected chi connectivity index (χ0v) is 11.7. The second kappa shape index (κ2) is 6.84. The number of nitrogens with one attached hydrogen (secondary N) is 2. The van der Waals surface area contributed by atoms with Gasteiger partial charge in [0.25, 0.3) is 0 Å². The van der Waals surface area contributed by atoms with Gasteiger partial charge in [-0.05, 0) is 50.6 Å². The molecule has 2 heterocycles. The molecule has 2 rings (SSSR count). The predicted molar refractivity (Wildman–Crippen MR) is 70.9 cm³/mol. The number of piperidine rings is 1. The van der Waals surface area contributed by atoms with Gasteiger partial charge in [0.15, 0.2) is 0 Å². The third-order valence-electron chi connectivity index (χ3n) is 3.70. The van der Waals surface area contributed by atoms with Crippen LogP contribution in [0.2, 0.25) is 0 Å². The van der Waals surface area contributed by atoms with Gasteiger partial charge in [-0.3, -0.25) is 0 Å². The van der Waals surface area contributed by atoms with Gasteiger partial charge in [-0.15, -0.1) is 0 Å². The summed E-state index contributed by atoms with van der Waals surface area (Å²) in [6.45, 7) is 3.88. The van der Waals surface area contributed by atoms with Crippen molar-refractivity contribution < 1.29 is 13.2 Å². The highest BCUT2D eigenvalue weighted by Gasteiger charge is 2.22. The van der Waals surface area contributed by atoms with E-state index in [-0.39, 0.29) is 11.7 Å². The van der Waals surface area contributed by atoms with E-state index in [1.54, 1.807) is 0 Å². The summed E-state index contributed by atoms with van der Waals surface area (Å²) < 4.78 is 32.0. The Bertz CT molecular complexity index is 333. The van der Waals surface area contributed by atoms with Crippen molar-refractivity contribution in [2.75, 3.05) is 38.6 Å². The average molecular weight is 276 g/mol. The fraction of sp³-hybridized carbons (Fsp3) is 1.00. The smallest absolute Gasteiger partial charge is 0.211 e. The maximum atomic E-state index is 12.0. The summed E-state index contributed by atoms with van der Waals surface area (Å²) in [5, 5.41) is 3.25. The second-order valence-electron chi connectivity index (χ2n) is 5.43. The number of sulfonamides is 1. The Morgan fingerprint density at radius 3 is 2.72 bits per heavy atom. The fourth-order valence-corrected chi connectivity index (χ4v) is 4.16. The standard InChI is InChI=1S/C12H24N2O3S/c15-18(16,10-12-3-1-5-13-7-12)14-8-11-4-2-6-17-9-11/h11-14H,1-10H2. The molecule has 2 aliphatic heterocycles. The van der Waals surface area contributed by atoms with Crippen molar-refractivity contribution in [1.82, 2.24) is 10.0 Å². The van der Waals surface area contributed by atoms with E-state index in [1.165, 1.54) is 0 Å². The highest BCUT2D eigenvalue weighted by atomic mass is 32.2. The van der Waals surface area contributed by atoms with Crippen molar-refractivity contribution in [3.8, 4) is 0 Å². The molecule has 0 radical (unpaired) electrons. The Labute approximate surface area is 110 Å². The van der Waals surface area contributed by atoms with Gasteiger partial charge in [-0.2, -0.15) is 0 Å². The molecule has 2 unspecified atom stereocenters. The summed E-state index contributed by atoms with van der Waals surface area (Å²) in [4.78, 5) is 0. The molecule has 2 N–H and O–H groups in total. The normalized spacial score (nSPS) is 30.2. The minimum atomic E-state index is -3.13. The van der Waals surface area contributed by atoms with Gasteiger partial charge in [0.1, 0.15) is 0 Å². The zero-order chi connectivity index (χ0) is 12.8. The third kappa shape index (κ3) is 4.84. The Hall–Kier alpha value is -0.170. The molecule has 18 heavy (non-hydrogen) atoms. The van der Waals surface area contributed by atoms with Crippen LogP contribution in [0.4, 0.5) is 0 Å². The number of ether oxygens (including phenoxy) is 1. The van der Waals surface area contributed by atoms with E-state index >= 15 is 0 Å². The first-order chi connectivity index (χ1) is 8.66. The highest BCUT2D eigenvalue weighted by molar-refractivity contribution is 7.89. The summed E-state index contributed by atoms with van der Waals surface area (Å²) in [7, 11) is -3.13. The molecule has 0 bridgehead atoms. The molecule has 0 amide bonds. The lowest BCUT2D eigenvalue weighted by atomic mass is 10.0. The van der Waals surface area contributed by atoms with Crippen LogP contribution in [0.1, 0.15) is 25.7 Å². The van der Waals surface area contributed by atoms with Gasteiger partial charge in [-0.1, -0.05) is 0 Å². The van der Waals surface area contributed by atoms with Crippen LogP contribution in [0.3, 0.4) is 0 Å². The number of rotatable bonds is 5. The lowest BCUT2D eigenvalue weighted by molar-refractivity contribution is 0.0568. The molecule has 0 aromatic carbocycles. The maximum Gasteiger partial charge on any atom is 0.211 e. The first-order valence-electron chi connectivity index (χ1n) is 6.91. The van der Waals surface area contributed by atoms with Crippen LogP contribution in [0.25, 0.3) is 0 Å². The van der Waals surface area contributed by atoms with Crippen LogP contribution in [0, 0.1) is 11.8 Å². The minimum Gasteiger partial charge on any atom is -0.381 e. The molecule has 0 saturated carbocycles. The van der Waals surface area contributed by atoms with E-state index in [4.69, 9.17) is 4.74 Å². The fourth-order valence-electron chi connectivity index (χ4n) is 2.65. The highest BCUT2D eigenvalue weighted by Crippen LogP contribution is 2.14. The lowest BCUT2D eigenvalue weighted by Gasteiger charge is -2.24. The van der Waals surface area contributed by atoms with E-state index in [0.29, 0.717) is 19.1 Å². The third-order valence-corrected chi connectivity index (χ3v) is 5.22. The number of hydrogen-bond donors (Lipinski definition) is 2.